The second-order valence-electron chi connectivity index (χ2n) is 3.66. The maximum absolute atomic E-state index is 11.1. The standard InChI is InChI=1S/C11H9N3O3/c12-10-4-8(17-14-10)6-1-2-7-9(3-6)16-5-11(15)13-7/h1-4H,5H2,(H2,12,14)(H,13,15). The van der Waals surface area contributed by atoms with Gasteiger partial charge in [0, 0.05) is 11.6 Å². The lowest BCUT2D eigenvalue weighted by atomic mass is 10.1. The van der Waals surface area contributed by atoms with Gasteiger partial charge in [-0.25, -0.2) is 0 Å². The number of aromatic nitrogens is 1. The van der Waals surface area contributed by atoms with Gasteiger partial charge in [-0.1, -0.05) is 5.16 Å². The average Bonchev–Trinajstić information content (AvgIpc) is 2.75. The lowest BCUT2D eigenvalue weighted by molar-refractivity contribution is -0.118. The lowest BCUT2D eigenvalue weighted by Crippen LogP contribution is -2.25. The third-order valence-corrected chi connectivity index (χ3v) is 2.43. The zero-order valence-electron chi connectivity index (χ0n) is 8.77. The molecular weight excluding hydrogens is 222 g/mol. The molecule has 0 saturated heterocycles. The van der Waals surface area contributed by atoms with Crippen molar-refractivity contribution in [2.45, 2.75) is 0 Å². The predicted molar refractivity (Wildman–Crippen MR) is 60.5 cm³/mol. The molecule has 3 rings (SSSR count). The molecule has 86 valence electrons. The van der Waals surface area contributed by atoms with Gasteiger partial charge in [-0.05, 0) is 18.2 Å². The zero-order valence-corrected chi connectivity index (χ0v) is 8.77. The normalized spacial score (nSPS) is 13.8. The van der Waals surface area contributed by atoms with Crippen LogP contribution < -0.4 is 15.8 Å². The van der Waals surface area contributed by atoms with Crippen molar-refractivity contribution in [1.82, 2.24) is 5.16 Å². The number of carbonyl (C=O) groups is 1. The molecule has 0 atom stereocenters. The Bertz CT molecular complexity index is 591. The van der Waals surface area contributed by atoms with E-state index in [0.29, 0.717) is 23.0 Å². The first-order valence-electron chi connectivity index (χ1n) is 5.01. The summed E-state index contributed by atoms with van der Waals surface area (Å²) in [6.45, 7) is 0.0228. The van der Waals surface area contributed by atoms with Crippen LogP contribution in [0.25, 0.3) is 11.3 Å². The molecule has 0 spiro atoms. The van der Waals surface area contributed by atoms with Crippen molar-refractivity contribution in [3.8, 4) is 17.1 Å². The van der Waals surface area contributed by atoms with Gasteiger partial charge in [0.05, 0.1) is 5.69 Å². The first kappa shape index (κ1) is 9.71. The van der Waals surface area contributed by atoms with Gasteiger partial charge in [0.1, 0.15) is 5.75 Å². The van der Waals surface area contributed by atoms with Crippen molar-refractivity contribution in [2.24, 2.45) is 0 Å². The fraction of sp³-hybridized carbons (Fsp3) is 0.0909. The molecule has 3 N–H and O–H groups in total. The van der Waals surface area contributed by atoms with Gasteiger partial charge in [0.25, 0.3) is 5.91 Å². The molecule has 6 nitrogen and oxygen atoms in total. The highest BCUT2D eigenvalue weighted by molar-refractivity contribution is 5.95. The maximum atomic E-state index is 11.1. The molecule has 0 bridgehead atoms. The number of hydrogen-bond donors (Lipinski definition) is 2. The van der Waals surface area contributed by atoms with E-state index in [0.717, 1.165) is 5.56 Å². The summed E-state index contributed by atoms with van der Waals surface area (Å²) < 4.78 is 10.3. The highest BCUT2D eigenvalue weighted by Crippen LogP contribution is 2.33. The molecule has 2 aromatic rings. The fourth-order valence-electron chi connectivity index (χ4n) is 1.65. The predicted octanol–water partition coefficient (Wildman–Crippen LogP) is 1.25. The van der Waals surface area contributed by atoms with E-state index in [1.165, 1.54) is 0 Å². The molecule has 0 fully saturated rings. The van der Waals surface area contributed by atoms with Crippen LogP contribution in [0, 0.1) is 0 Å². The first-order valence-corrected chi connectivity index (χ1v) is 5.01. The molecule has 1 aromatic heterocycles. The number of amides is 1. The van der Waals surface area contributed by atoms with Crippen molar-refractivity contribution in [2.75, 3.05) is 17.7 Å². The van der Waals surface area contributed by atoms with Crippen LogP contribution >= 0.6 is 0 Å². The van der Waals surface area contributed by atoms with Crippen molar-refractivity contribution in [1.29, 1.82) is 0 Å². The van der Waals surface area contributed by atoms with Crippen molar-refractivity contribution in [3.63, 3.8) is 0 Å². The third kappa shape index (κ3) is 1.69. The Hall–Kier alpha value is -2.50. The van der Waals surface area contributed by atoms with Crippen LogP contribution in [0.3, 0.4) is 0 Å². The Morgan fingerprint density at radius 3 is 3.00 bits per heavy atom. The Labute approximate surface area is 96.3 Å². The molecule has 0 unspecified atom stereocenters. The maximum Gasteiger partial charge on any atom is 0.262 e. The molecule has 1 aromatic carbocycles. The first-order chi connectivity index (χ1) is 8.22. The summed E-state index contributed by atoms with van der Waals surface area (Å²) >= 11 is 0. The van der Waals surface area contributed by atoms with Crippen molar-refractivity contribution >= 4 is 17.4 Å². The van der Waals surface area contributed by atoms with Crippen molar-refractivity contribution in [3.05, 3.63) is 24.3 Å². The molecule has 0 saturated carbocycles. The van der Waals surface area contributed by atoms with Gasteiger partial charge < -0.3 is 20.3 Å². The molecule has 2 heterocycles. The molecular formula is C11H9N3O3. The number of carbonyl (C=O) groups excluding carboxylic acids is 1. The van der Waals surface area contributed by atoms with Gasteiger partial charge in [-0.2, -0.15) is 0 Å². The van der Waals surface area contributed by atoms with Crippen LogP contribution in [-0.4, -0.2) is 17.7 Å². The summed E-state index contributed by atoms with van der Waals surface area (Å²) in [5.74, 6) is 1.34. The molecule has 0 radical (unpaired) electrons. The van der Waals surface area contributed by atoms with Crippen LogP contribution in [0.2, 0.25) is 0 Å². The van der Waals surface area contributed by atoms with E-state index < -0.39 is 0 Å². The van der Waals surface area contributed by atoms with Crippen LogP contribution in [0.1, 0.15) is 0 Å². The van der Waals surface area contributed by atoms with E-state index >= 15 is 0 Å². The monoisotopic (exact) mass is 231 g/mol. The number of rotatable bonds is 1. The largest absolute Gasteiger partial charge is 0.482 e. The van der Waals surface area contributed by atoms with Gasteiger partial charge >= 0.3 is 0 Å². The minimum atomic E-state index is -0.158. The van der Waals surface area contributed by atoms with Gasteiger partial charge in [-0.3, -0.25) is 4.79 Å². The summed E-state index contributed by atoms with van der Waals surface area (Å²) in [5.41, 5.74) is 6.92. The third-order valence-electron chi connectivity index (χ3n) is 2.43. The van der Waals surface area contributed by atoms with Crippen LogP contribution in [0.5, 0.6) is 5.75 Å². The van der Waals surface area contributed by atoms with E-state index in [1.807, 2.05) is 0 Å². The molecule has 1 aliphatic rings. The number of ether oxygens (including phenoxy) is 1. The Morgan fingerprint density at radius 1 is 1.35 bits per heavy atom. The van der Waals surface area contributed by atoms with E-state index in [-0.39, 0.29) is 12.5 Å². The second-order valence-corrected chi connectivity index (χ2v) is 3.66. The molecule has 6 heteroatoms. The highest BCUT2D eigenvalue weighted by Gasteiger charge is 2.17. The summed E-state index contributed by atoms with van der Waals surface area (Å²) in [4.78, 5) is 11.1. The van der Waals surface area contributed by atoms with Gasteiger partial charge in [-0.15, -0.1) is 0 Å². The summed E-state index contributed by atoms with van der Waals surface area (Å²) in [6.07, 6.45) is 0. The fourth-order valence-corrected chi connectivity index (χ4v) is 1.65. The summed E-state index contributed by atoms with van der Waals surface area (Å²) in [5, 5.41) is 6.32. The molecule has 17 heavy (non-hydrogen) atoms. The number of nitrogen functional groups attached to an aromatic ring is 1. The minimum Gasteiger partial charge on any atom is -0.482 e. The van der Waals surface area contributed by atoms with E-state index in [2.05, 4.69) is 10.5 Å². The molecule has 1 amide bonds. The average molecular weight is 231 g/mol. The van der Waals surface area contributed by atoms with Gasteiger partial charge in [0.15, 0.2) is 18.2 Å². The van der Waals surface area contributed by atoms with E-state index in [1.54, 1.807) is 24.3 Å². The zero-order chi connectivity index (χ0) is 11.8. The van der Waals surface area contributed by atoms with Crippen LogP contribution in [0.15, 0.2) is 28.8 Å². The topological polar surface area (TPSA) is 90.4 Å². The molecule has 0 aliphatic carbocycles. The SMILES string of the molecule is Nc1cc(-c2ccc3c(c2)OCC(=O)N3)on1. The van der Waals surface area contributed by atoms with E-state index in [4.69, 9.17) is 15.0 Å². The summed E-state index contributed by atoms with van der Waals surface area (Å²) in [6, 6.07) is 6.95. The number of anilines is 2. The summed E-state index contributed by atoms with van der Waals surface area (Å²) in [7, 11) is 0. The van der Waals surface area contributed by atoms with Crippen LogP contribution in [0.4, 0.5) is 11.5 Å². The number of hydrogen-bond acceptors (Lipinski definition) is 5. The Balaban J connectivity index is 2.01. The van der Waals surface area contributed by atoms with Crippen molar-refractivity contribution < 1.29 is 14.1 Å². The number of fused-ring (bicyclic) bond motifs is 1. The molecule has 1 aliphatic heterocycles. The number of nitrogens with one attached hydrogen (secondary N) is 1. The number of nitrogens with two attached hydrogens (primary N) is 1. The smallest absolute Gasteiger partial charge is 0.262 e. The second kappa shape index (κ2) is 3.51. The minimum absolute atomic E-state index is 0.0228. The Kier molecular flexibility index (Phi) is 2.01. The number of nitrogens with zero attached hydrogens (tertiary/aromatic N) is 1. The number of benzene rings is 1. The van der Waals surface area contributed by atoms with Crippen LogP contribution in [-0.2, 0) is 4.79 Å². The highest BCUT2D eigenvalue weighted by atomic mass is 16.5. The van der Waals surface area contributed by atoms with E-state index in [9.17, 15) is 4.79 Å². The lowest BCUT2D eigenvalue weighted by Gasteiger charge is -2.17. The Morgan fingerprint density at radius 2 is 2.24 bits per heavy atom. The van der Waals surface area contributed by atoms with Gasteiger partial charge in [0.2, 0.25) is 0 Å². The quantitative estimate of drug-likeness (QED) is 0.770.